The predicted molar refractivity (Wildman–Crippen MR) is 231 cm³/mol. The molecule has 0 fully saturated rings. The Morgan fingerprint density at radius 2 is 0.845 bits per heavy atom. The van der Waals surface area contributed by atoms with E-state index in [2.05, 4.69) is 133 Å². The smallest absolute Gasteiger partial charge is 0.160 e. The molecule has 270 valence electrons. The number of hydrogen-bond acceptors (Lipinski definition) is 4. The van der Waals surface area contributed by atoms with Crippen molar-refractivity contribution in [1.82, 2.24) is 9.97 Å². The van der Waals surface area contributed by atoms with Gasteiger partial charge in [0.2, 0.25) is 0 Å². The van der Waals surface area contributed by atoms with Crippen LogP contribution in [0.2, 0.25) is 0 Å². The minimum Gasteiger partial charge on any atom is -0.457 e. The van der Waals surface area contributed by atoms with Crippen molar-refractivity contribution >= 4 is 0 Å². The molecule has 0 N–H and O–H groups in total. The van der Waals surface area contributed by atoms with Gasteiger partial charge in [-0.3, -0.25) is 0 Å². The summed E-state index contributed by atoms with van der Waals surface area (Å²) in [6, 6.07) is 72.0. The van der Waals surface area contributed by atoms with Gasteiger partial charge in [-0.25, -0.2) is 9.97 Å². The molecule has 0 radical (unpaired) electrons. The molecule has 2 heterocycles. The normalized spacial score (nSPS) is 12.7. The van der Waals surface area contributed by atoms with E-state index in [4.69, 9.17) is 14.7 Å². The van der Waals surface area contributed by atoms with Gasteiger partial charge >= 0.3 is 0 Å². The largest absolute Gasteiger partial charge is 0.457 e. The lowest BCUT2D eigenvalue weighted by atomic mass is 9.65. The molecule has 9 aromatic rings. The van der Waals surface area contributed by atoms with Gasteiger partial charge in [-0.2, -0.15) is 5.26 Å². The topological polar surface area (TPSA) is 58.8 Å². The molecule has 0 saturated heterocycles. The molecule has 11 rings (SSSR count). The molecule has 1 aliphatic heterocycles. The van der Waals surface area contributed by atoms with Crippen LogP contribution in [0.3, 0.4) is 0 Å². The summed E-state index contributed by atoms with van der Waals surface area (Å²) in [4.78, 5) is 10.3. The SMILES string of the molecule is N#Cc1ccc(-c2ccc3c(c2)C2(c4ccccc4Oc4ccccc42)c2cc(-c4cccc(-c5nc(-c6ccccc6)cc(-c6ccccc6)n5)c4)ccc2-3)cc1. The first kappa shape index (κ1) is 33.5. The Hall–Kier alpha value is -7.87. The van der Waals surface area contributed by atoms with Crippen LogP contribution in [0, 0.1) is 11.3 Å². The molecule has 1 aromatic heterocycles. The number of nitrogens with zero attached hydrogens (tertiary/aromatic N) is 3. The van der Waals surface area contributed by atoms with Gasteiger partial charge in [-0.05, 0) is 93.0 Å². The second kappa shape index (κ2) is 13.4. The Labute approximate surface area is 337 Å². The van der Waals surface area contributed by atoms with E-state index in [9.17, 15) is 5.26 Å². The first-order valence-corrected chi connectivity index (χ1v) is 19.4. The summed E-state index contributed by atoms with van der Waals surface area (Å²) >= 11 is 0. The van der Waals surface area contributed by atoms with E-state index in [-0.39, 0.29) is 0 Å². The van der Waals surface area contributed by atoms with Crippen LogP contribution in [0.4, 0.5) is 0 Å². The minimum atomic E-state index is -0.649. The summed E-state index contributed by atoms with van der Waals surface area (Å²) in [5.41, 5.74) is 16.1. The Morgan fingerprint density at radius 1 is 0.379 bits per heavy atom. The predicted octanol–water partition coefficient (Wildman–Crippen LogP) is 13.2. The highest BCUT2D eigenvalue weighted by atomic mass is 16.5. The van der Waals surface area contributed by atoms with Crippen LogP contribution in [-0.2, 0) is 5.41 Å². The monoisotopic (exact) mass is 739 g/mol. The molecule has 0 unspecified atom stereocenters. The molecule has 0 amide bonds. The van der Waals surface area contributed by atoms with E-state index in [1.807, 2.05) is 72.8 Å². The zero-order valence-corrected chi connectivity index (χ0v) is 31.3. The quantitative estimate of drug-likeness (QED) is 0.176. The maximum absolute atomic E-state index is 9.50. The van der Waals surface area contributed by atoms with Crippen LogP contribution in [-0.4, -0.2) is 9.97 Å². The van der Waals surface area contributed by atoms with Crippen molar-refractivity contribution in [3.8, 4) is 84.9 Å². The summed E-state index contributed by atoms with van der Waals surface area (Å²) in [7, 11) is 0. The maximum Gasteiger partial charge on any atom is 0.160 e. The third-order valence-electron chi connectivity index (χ3n) is 11.6. The highest BCUT2D eigenvalue weighted by molar-refractivity contribution is 5.92. The molecule has 1 aliphatic carbocycles. The third kappa shape index (κ3) is 5.29. The fraction of sp³-hybridized carbons (Fsp3) is 0.0185. The summed E-state index contributed by atoms with van der Waals surface area (Å²) in [6.45, 7) is 0. The first-order chi connectivity index (χ1) is 28.7. The second-order valence-electron chi connectivity index (χ2n) is 14.8. The van der Waals surface area contributed by atoms with E-state index >= 15 is 0 Å². The van der Waals surface area contributed by atoms with E-state index in [0.29, 0.717) is 11.4 Å². The van der Waals surface area contributed by atoms with Crippen molar-refractivity contribution in [2.45, 2.75) is 5.41 Å². The number of aromatic nitrogens is 2. The maximum atomic E-state index is 9.50. The Morgan fingerprint density at radius 3 is 1.41 bits per heavy atom. The van der Waals surface area contributed by atoms with E-state index in [1.165, 1.54) is 22.3 Å². The summed E-state index contributed by atoms with van der Waals surface area (Å²) in [6.07, 6.45) is 0. The van der Waals surface area contributed by atoms with Crippen molar-refractivity contribution in [3.63, 3.8) is 0 Å². The summed E-state index contributed by atoms with van der Waals surface area (Å²) < 4.78 is 6.65. The molecule has 2 aliphatic rings. The number of nitriles is 1. The van der Waals surface area contributed by atoms with E-state index in [0.717, 1.165) is 73.0 Å². The van der Waals surface area contributed by atoms with Crippen molar-refractivity contribution in [2.75, 3.05) is 0 Å². The molecule has 1 spiro atoms. The molecular formula is C54H33N3O. The minimum absolute atomic E-state index is 0.643. The number of para-hydroxylation sites is 2. The number of benzene rings is 8. The molecule has 4 nitrogen and oxygen atoms in total. The first-order valence-electron chi connectivity index (χ1n) is 19.4. The van der Waals surface area contributed by atoms with Gasteiger partial charge in [0.25, 0.3) is 0 Å². The average molecular weight is 740 g/mol. The van der Waals surface area contributed by atoms with Crippen LogP contribution in [0.5, 0.6) is 11.5 Å². The van der Waals surface area contributed by atoms with Crippen molar-refractivity contribution in [1.29, 1.82) is 5.26 Å². The van der Waals surface area contributed by atoms with Crippen LogP contribution >= 0.6 is 0 Å². The lowest BCUT2D eigenvalue weighted by Crippen LogP contribution is -2.32. The number of fused-ring (bicyclic) bond motifs is 9. The molecule has 0 bridgehead atoms. The lowest BCUT2D eigenvalue weighted by molar-refractivity contribution is 0.436. The molecule has 4 heteroatoms. The highest BCUT2D eigenvalue weighted by Crippen LogP contribution is 2.62. The number of rotatable bonds is 5. The lowest BCUT2D eigenvalue weighted by Gasteiger charge is -2.39. The summed E-state index contributed by atoms with van der Waals surface area (Å²) in [5.74, 6) is 2.37. The molecule has 0 saturated carbocycles. The van der Waals surface area contributed by atoms with Gasteiger partial charge in [0, 0.05) is 27.8 Å². The van der Waals surface area contributed by atoms with Gasteiger partial charge in [0.1, 0.15) is 11.5 Å². The Bertz CT molecular complexity index is 2990. The van der Waals surface area contributed by atoms with Gasteiger partial charge in [0.05, 0.1) is 28.4 Å². The highest BCUT2D eigenvalue weighted by Gasteiger charge is 2.51. The molecular weight excluding hydrogens is 707 g/mol. The van der Waals surface area contributed by atoms with Crippen molar-refractivity contribution in [2.24, 2.45) is 0 Å². The van der Waals surface area contributed by atoms with Crippen molar-refractivity contribution < 1.29 is 4.74 Å². The van der Waals surface area contributed by atoms with E-state index in [1.54, 1.807) is 0 Å². The molecule has 8 aromatic carbocycles. The van der Waals surface area contributed by atoms with Gasteiger partial charge in [-0.1, -0.05) is 152 Å². The van der Waals surface area contributed by atoms with E-state index < -0.39 is 5.41 Å². The number of hydrogen-bond donors (Lipinski definition) is 0. The van der Waals surface area contributed by atoms with Crippen LogP contribution in [0.1, 0.15) is 27.8 Å². The summed E-state index contributed by atoms with van der Waals surface area (Å²) in [5, 5.41) is 9.50. The van der Waals surface area contributed by atoms with Crippen LogP contribution in [0.15, 0.2) is 200 Å². The van der Waals surface area contributed by atoms with Gasteiger partial charge < -0.3 is 4.74 Å². The number of ether oxygens (including phenoxy) is 1. The second-order valence-corrected chi connectivity index (χ2v) is 14.8. The standard InChI is InChI=1S/C54H33N3O/c55-34-35-22-24-36(25-23-35)40-26-28-43-44-29-27-41(32-48(44)54(47(43)31-40)45-18-7-9-20-51(45)58-52-21-10-8-19-46(52)54)39-16-11-17-42(30-39)53-56-49(37-12-3-1-4-13-37)33-50(57-53)38-14-5-2-6-15-38/h1-33H. The zero-order valence-electron chi connectivity index (χ0n) is 31.3. The van der Waals surface area contributed by atoms with Gasteiger partial charge in [0.15, 0.2) is 5.82 Å². The molecule has 58 heavy (non-hydrogen) atoms. The Kier molecular flexibility index (Phi) is 7.74. The zero-order chi connectivity index (χ0) is 38.6. The van der Waals surface area contributed by atoms with Crippen LogP contribution < -0.4 is 4.74 Å². The fourth-order valence-electron chi connectivity index (χ4n) is 8.92. The fourth-order valence-corrected chi connectivity index (χ4v) is 8.92. The third-order valence-corrected chi connectivity index (χ3v) is 11.6. The average Bonchev–Trinajstić information content (AvgIpc) is 3.58. The molecule has 0 atom stereocenters. The van der Waals surface area contributed by atoms with Crippen LogP contribution in [0.25, 0.3) is 67.3 Å². The Balaban J connectivity index is 1.10. The van der Waals surface area contributed by atoms with Crippen molar-refractivity contribution in [3.05, 3.63) is 228 Å². The van der Waals surface area contributed by atoms with Gasteiger partial charge in [-0.15, -0.1) is 0 Å².